The average molecular weight is 220 g/mol. The summed E-state index contributed by atoms with van der Waals surface area (Å²) in [5, 5.41) is 22.7. The van der Waals surface area contributed by atoms with Gasteiger partial charge >= 0.3 is 5.97 Å². The van der Waals surface area contributed by atoms with E-state index in [0.717, 1.165) is 5.69 Å². The van der Waals surface area contributed by atoms with Gasteiger partial charge in [-0.05, 0) is 32.0 Å². The van der Waals surface area contributed by atoms with Crippen LogP contribution in [0.15, 0.2) is 18.2 Å². The molecule has 16 heavy (non-hydrogen) atoms. The summed E-state index contributed by atoms with van der Waals surface area (Å²) in [4.78, 5) is 10.9. The average Bonchev–Trinajstić information content (AvgIpc) is 2.55. The van der Waals surface area contributed by atoms with E-state index >= 15 is 0 Å². The number of carbonyl (C=O) groups is 1. The summed E-state index contributed by atoms with van der Waals surface area (Å²) in [5.41, 5.74) is 2.09. The van der Waals surface area contributed by atoms with Crippen molar-refractivity contribution in [3.8, 4) is 0 Å². The number of carboxylic acid groups (broad SMARTS) is 1. The van der Waals surface area contributed by atoms with Crippen LogP contribution in [-0.4, -0.2) is 25.8 Å². The highest BCUT2D eigenvalue weighted by Crippen LogP contribution is 2.18. The van der Waals surface area contributed by atoms with Crippen molar-refractivity contribution in [3.63, 3.8) is 0 Å². The summed E-state index contributed by atoms with van der Waals surface area (Å²) >= 11 is 0. The molecule has 2 rings (SSSR count). The number of aryl methyl sites for hydroxylation is 1. The van der Waals surface area contributed by atoms with Crippen LogP contribution < -0.4 is 0 Å². The second-order valence-corrected chi connectivity index (χ2v) is 3.77. The fourth-order valence-electron chi connectivity index (χ4n) is 1.67. The molecule has 2 N–H and O–H groups in total. The van der Waals surface area contributed by atoms with E-state index in [-0.39, 0.29) is 5.56 Å². The van der Waals surface area contributed by atoms with Crippen molar-refractivity contribution in [1.29, 1.82) is 0 Å². The topological polar surface area (TPSA) is 74.8 Å². The summed E-state index contributed by atoms with van der Waals surface area (Å²) in [7, 11) is 0. The van der Waals surface area contributed by atoms with Gasteiger partial charge in [0.15, 0.2) is 0 Å². The van der Waals surface area contributed by atoms with Crippen molar-refractivity contribution in [2.24, 2.45) is 0 Å². The van der Waals surface area contributed by atoms with E-state index in [0.29, 0.717) is 11.2 Å². The predicted molar refractivity (Wildman–Crippen MR) is 57.5 cm³/mol. The lowest BCUT2D eigenvalue weighted by molar-refractivity contribution is 0.0696. The molecule has 5 heteroatoms. The van der Waals surface area contributed by atoms with Crippen molar-refractivity contribution >= 4 is 11.5 Å². The molecule has 0 bridgehead atoms. The number of aromatic nitrogens is 2. The molecule has 0 aliphatic rings. The van der Waals surface area contributed by atoms with Crippen molar-refractivity contribution in [2.45, 2.75) is 20.0 Å². The highest BCUT2D eigenvalue weighted by Gasteiger charge is 2.13. The summed E-state index contributed by atoms with van der Waals surface area (Å²) in [6.07, 6.45) is -0.763. The molecule has 1 unspecified atom stereocenters. The van der Waals surface area contributed by atoms with E-state index in [1.54, 1.807) is 17.5 Å². The molecule has 2 aromatic rings. The van der Waals surface area contributed by atoms with Crippen molar-refractivity contribution < 1.29 is 15.0 Å². The number of nitrogens with zero attached hydrogens (tertiary/aromatic N) is 2. The van der Waals surface area contributed by atoms with Crippen LogP contribution in [0.4, 0.5) is 0 Å². The van der Waals surface area contributed by atoms with Gasteiger partial charge in [0.05, 0.1) is 28.6 Å². The van der Waals surface area contributed by atoms with E-state index < -0.39 is 12.1 Å². The molecule has 0 saturated heterocycles. The standard InChI is InChI=1S/C11H12N2O3/c1-6-3-9-4-8(11(15)16)5-10(7(2)14)13(9)12-6/h3-5,7,14H,1-2H3,(H,15,16). The first-order chi connectivity index (χ1) is 7.49. The lowest BCUT2D eigenvalue weighted by Crippen LogP contribution is -2.06. The number of pyridine rings is 1. The first-order valence-electron chi connectivity index (χ1n) is 4.90. The van der Waals surface area contributed by atoms with Gasteiger partial charge in [0.1, 0.15) is 0 Å². The molecule has 0 spiro atoms. The van der Waals surface area contributed by atoms with Crippen LogP contribution in [0.1, 0.15) is 34.8 Å². The van der Waals surface area contributed by atoms with Gasteiger partial charge in [0.25, 0.3) is 0 Å². The lowest BCUT2D eigenvalue weighted by Gasteiger charge is -2.08. The summed E-state index contributed by atoms with van der Waals surface area (Å²) in [6, 6.07) is 4.75. The van der Waals surface area contributed by atoms with E-state index in [9.17, 15) is 9.90 Å². The van der Waals surface area contributed by atoms with E-state index in [1.807, 2.05) is 6.92 Å². The van der Waals surface area contributed by atoms with Crippen LogP contribution in [0.25, 0.3) is 5.52 Å². The first kappa shape index (κ1) is 10.6. The number of carboxylic acids is 1. The minimum Gasteiger partial charge on any atom is -0.478 e. The molecule has 0 saturated carbocycles. The van der Waals surface area contributed by atoms with Crippen LogP contribution in [-0.2, 0) is 0 Å². The predicted octanol–water partition coefficient (Wildman–Crippen LogP) is 1.39. The molecule has 2 heterocycles. The van der Waals surface area contributed by atoms with Gasteiger partial charge in [0.2, 0.25) is 0 Å². The quantitative estimate of drug-likeness (QED) is 0.802. The van der Waals surface area contributed by atoms with Crippen molar-refractivity contribution in [3.05, 3.63) is 35.2 Å². The maximum absolute atomic E-state index is 10.9. The Morgan fingerprint density at radius 1 is 1.44 bits per heavy atom. The Kier molecular flexibility index (Phi) is 2.40. The Labute approximate surface area is 91.9 Å². The molecule has 0 aliphatic carbocycles. The Balaban J connectivity index is 2.78. The Morgan fingerprint density at radius 3 is 2.69 bits per heavy atom. The number of hydrogen-bond donors (Lipinski definition) is 2. The van der Waals surface area contributed by atoms with Crippen molar-refractivity contribution in [2.75, 3.05) is 0 Å². The zero-order valence-corrected chi connectivity index (χ0v) is 9.01. The summed E-state index contributed by atoms with van der Waals surface area (Å²) in [6.45, 7) is 3.40. The van der Waals surface area contributed by atoms with Crippen molar-refractivity contribution in [1.82, 2.24) is 9.61 Å². The van der Waals surface area contributed by atoms with Gasteiger partial charge in [-0.25, -0.2) is 9.31 Å². The zero-order valence-electron chi connectivity index (χ0n) is 9.01. The lowest BCUT2D eigenvalue weighted by atomic mass is 10.1. The normalized spacial score (nSPS) is 12.9. The van der Waals surface area contributed by atoms with E-state index in [1.165, 1.54) is 12.1 Å². The maximum Gasteiger partial charge on any atom is 0.335 e. The maximum atomic E-state index is 10.9. The molecule has 84 valence electrons. The molecule has 0 fully saturated rings. The third-order valence-corrected chi connectivity index (χ3v) is 2.39. The van der Waals surface area contributed by atoms with Crippen LogP contribution in [0.3, 0.4) is 0 Å². The molecule has 0 radical (unpaired) electrons. The molecule has 0 aliphatic heterocycles. The monoisotopic (exact) mass is 220 g/mol. The minimum absolute atomic E-state index is 0.156. The fraction of sp³-hybridized carbons (Fsp3) is 0.273. The first-order valence-corrected chi connectivity index (χ1v) is 4.90. The zero-order chi connectivity index (χ0) is 11.9. The Morgan fingerprint density at radius 2 is 2.12 bits per heavy atom. The van der Waals surface area contributed by atoms with E-state index in [4.69, 9.17) is 5.11 Å². The molecule has 5 nitrogen and oxygen atoms in total. The SMILES string of the molecule is Cc1cc2cc(C(=O)O)cc(C(C)O)n2n1. The molecule has 0 amide bonds. The molecular weight excluding hydrogens is 208 g/mol. The minimum atomic E-state index is -1.01. The summed E-state index contributed by atoms with van der Waals surface area (Å²) < 4.78 is 1.56. The third-order valence-electron chi connectivity index (χ3n) is 2.39. The van der Waals surface area contributed by atoms with Crippen LogP contribution in [0.2, 0.25) is 0 Å². The highest BCUT2D eigenvalue weighted by molar-refractivity contribution is 5.89. The fourth-order valence-corrected chi connectivity index (χ4v) is 1.67. The van der Waals surface area contributed by atoms with Gasteiger partial charge in [-0.15, -0.1) is 0 Å². The number of rotatable bonds is 2. The van der Waals surface area contributed by atoms with Gasteiger partial charge in [-0.2, -0.15) is 5.10 Å². The summed E-state index contributed by atoms with van der Waals surface area (Å²) in [5.74, 6) is -1.01. The van der Waals surface area contributed by atoms with Crippen LogP contribution >= 0.6 is 0 Å². The number of aliphatic hydroxyl groups is 1. The second-order valence-electron chi connectivity index (χ2n) is 3.77. The highest BCUT2D eigenvalue weighted by atomic mass is 16.4. The van der Waals surface area contributed by atoms with E-state index in [2.05, 4.69) is 5.10 Å². The Bertz CT molecular complexity index is 558. The number of aromatic carboxylic acids is 1. The molecule has 0 aromatic carbocycles. The van der Waals surface area contributed by atoms with Gasteiger partial charge in [-0.1, -0.05) is 0 Å². The third kappa shape index (κ3) is 1.65. The molecule has 1 atom stereocenters. The number of fused-ring (bicyclic) bond motifs is 1. The van der Waals surface area contributed by atoms with Crippen LogP contribution in [0, 0.1) is 6.92 Å². The van der Waals surface area contributed by atoms with Crippen LogP contribution in [0.5, 0.6) is 0 Å². The largest absolute Gasteiger partial charge is 0.478 e. The number of aliphatic hydroxyl groups excluding tert-OH is 1. The molecule has 2 aromatic heterocycles. The smallest absolute Gasteiger partial charge is 0.335 e. The second kappa shape index (κ2) is 3.61. The molecular formula is C11H12N2O3. The van der Waals surface area contributed by atoms with Gasteiger partial charge < -0.3 is 10.2 Å². The van der Waals surface area contributed by atoms with Gasteiger partial charge in [-0.3, -0.25) is 0 Å². The van der Waals surface area contributed by atoms with Gasteiger partial charge in [0, 0.05) is 0 Å². The number of hydrogen-bond acceptors (Lipinski definition) is 3. The Hall–Kier alpha value is -1.88.